The van der Waals surface area contributed by atoms with Gasteiger partial charge in [-0.1, -0.05) is 6.92 Å². The topological polar surface area (TPSA) is 172 Å². The van der Waals surface area contributed by atoms with Crippen LogP contribution in [0.4, 0.5) is 11.4 Å². The van der Waals surface area contributed by atoms with Crippen molar-refractivity contribution in [3.8, 4) is 0 Å². The Morgan fingerprint density at radius 3 is 2.33 bits per heavy atom. The molecule has 0 aromatic heterocycles. The lowest BCUT2D eigenvalue weighted by Gasteiger charge is -2.20. The van der Waals surface area contributed by atoms with Crippen molar-refractivity contribution in [3.63, 3.8) is 0 Å². The van der Waals surface area contributed by atoms with Crippen molar-refractivity contribution in [2.75, 3.05) is 5.73 Å². The van der Waals surface area contributed by atoms with Gasteiger partial charge in [0.15, 0.2) is 0 Å². The van der Waals surface area contributed by atoms with Crippen LogP contribution in [0, 0.1) is 26.1 Å². The molecule has 1 atom stereocenters. The van der Waals surface area contributed by atoms with Gasteiger partial charge in [-0.2, -0.15) is 0 Å². The monoisotopic (exact) mass is 354 g/mol. The molecule has 0 amide bonds. The molecular weight excluding hydrogens is 340 g/mol. The highest BCUT2D eigenvalue weighted by molar-refractivity contribution is 7.95. The van der Waals surface area contributed by atoms with Crippen molar-refractivity contribution in [1.29, 1.82) is 0 Å². The Bertz CT molecular complexity index is 903. The Hall–Kier alpha value is -2.95. The summed E-state index contributed by atoms with van der Waals surface area (Å²) >= 11 is 0. The molecule has 4 N–H and O–H groups in total. The van der Waals surface area contributed by atoms with Gasteiger partial charge in [0, 0.05) is 18.6 Å². The van der Waals surface area contributed by atoms with Gasteiger partial charge in [0.25, 0.3) is 11.4 Å². The molecule has 0 saturated carbocycles. The number of nitrogens with two attached hydrogens (primary N) is 2. The van der Waals surface area contributed by atoms with Crippen LogP contribution in [-0.4, -0.2) is 18.3 Å². The van der Waals surface area contributed by atoms with Gasteiger partial charge in [0.05, 0.1) is 25.3 Å². The van der Waals surface area contributed by atoms with Gasteiger partial charge in [0.2, 0.25) is 9.84 Å². The van der Waals surface area contributed by atoms with Gasteiger partial charge in [-0.3, -0.25) is 20.2 Å². The standard InChI is InChI=1S/C13H14N4O6S/c1-7-4-10(15)12(17(20)21)6-13(7)24(22,23)8-2-3-9(14)11(5-8)16(18)19/h2-3,5-7H,4,14-15H2,1H3. The number of anilines is 1. The molecule has 1 aromatic carbocycles. The molecule has 0 fully saturated rings. The molecule has 0 bridgehead atoms. The minimum Gasteiger partial charge on any atom is -0.397 e. The van der Waals surface area contributed by atoms with Crippen molar-refractivity contribution in [2.45, 2.75) is 18.2 Å². The normalized spacial score (nSPS) is 18.2. The van der Waals surface area contributed by atoms with Crippen molar-refractivity contribution in [1.82, 2.24) is 0 Å². The summed E-state index contributed by atoms with van der Waals surface area (Å²) in [6.07, 6.45) is 0.902. The quantitative estimate of drug-likeness (QED) is 0.462. The van der Waals surface area contributed by atoms with E-state index >= 15 is 0 Å². The number of rotatable bonds is 4. The molecule has 2 rings (SSSR count). The minimum atomic E-state index is -4.17. The number of nitrogens with zero attached hydrogens (tertiary/aromatic N) is 2. The van der Waals surface area contributed by atoms with Crippen LogP contribution in [0.1, 0.15) is 13.3 Å². The summed E-state index contributed by atoms with van der Waals surface area (Å²) in [5, 5.41) is 21.9. The summed E-state index contributed by atoms with van der Waals surface area (Å²) in [5.74, 6) is -0.602. The zero-order valence-corrected chi connectivity index (χ0v) is 13.3. The second-order valence-electron chi connectivity index (χ2n) is 5.30. The first-order valence-corrected chi connectivity index (χ1v) is 8.17. The molecule has 0 heterocycles. The number of sulfone groups is 1. The van der Waals surface area contributed by atoms with Crippen LogP contribution in [0.25, 0.3) is 0 Å². The van der Waals surface area contributed by atoms with E-state index in [0.29, 0.717) is 0 Å². The molecule has 24 heavy (non-hydrogen) atoms. The lowest BCUT2D eigenvalue weighted by Crippen LogP contribution is -2.22. The summed E-state index contributed by atoms with van der Waals surface area (Å²) in [5.41, 5.74) is 9.81. The SMILES string of the molecule is CC1CC(N)=C([N+](=O)[O-])C=C1S(=O)(=O)c1ccc(N)c([N+](=O)[O-])c1. The summed E-state index contributed by atoms with van der Waals surface area (Å²) in [4.78, 5) is 19.8. The van der Waals surface area contributed by atoms with E-state index in [-0.39, 0.29) is 27.6 Å². The fraction of sp³-hybridized carbons (Fsp3) is 0.231. The second kappa shape index (κ2) is 5.92. The maximum Gasteiger partial charge on any atom is 0.293 e. The van der Waals surface area contributed by atoms with Crippen molar-refractivity contribution in [2.24, 2.45) is 11.7 Å². The van der Waals surface area contributed by atoms with Gasteiger partial charge in [-0.25, -0.2) is 8.42 Å². The molecule has 1 aliphatic carbocycles. The summed E-state index contributed by atoms with van der Waals surface area (Å²) in [6.45, 7) is 1.55. The van der Waals surface area contributed by atoms with Crippen LogP contribution >= 0.6 is 0 Å². The third kappa shape index (κ3) is 2.93. The summed E-state index contributed by atoms with van der Waals surface area (Å²) in [7, 11) is -4.17. The first kappa shape index (κ1) is 17.4. The Labute approximate surface area is 136 Å². The Morgan fingerprint density at radius 1 is 1.17 bits per heavy atom. The molecule has 0 saturated heterocycles. The number of nitro benzene ring substituents is 1. The van der Waals surface area contributed by atoms with Crippen LogP contribution < -0.4 is 11.5 Å². The van der Waals surface area contributed by atoms with Crippen molar-refractivity contribution < 1.29 is 18.3 Å². The number of hydrogen-bond acceptors (Lipinski definition) is 8. The van der Waals surface area contributed by atoms with Gasteiger partial charge in [-0.05, 0) is 18.1 Å². The zero-order valence-electron chi connectivity index (χ0n) is 12.5. The van der Waals surface area contributed by atoms with Crippen LogP contribution in [0.2, 0.25) is 0 Å². The first-order valence-electron chi connectivity index (χ1n) is 6.69. The molecule has 0 spiro atoms. The molecule has 0 aliphatic heterocycles. The van der Waals surface area contributed by atoms with E-state index in [2.05, 4.69) is 0 Å². The molecule has 1 aliphatic rings. The number of nitrogen functional groups attached to an aromatic ring is 1. The Kier molecular flexibility index (Phi) is 4.30. The number of allylic oxidation sites excluding steroid dienone is 3. The average Bonchev–Trinajstić information content (AvgIpc) is 2.46. The van der Waals surface area contributed by atoms with E-state index in [4.69, 9.17) is 11.5 Å². The molecule has 1 aromatic rings. The van der Waals surface area contributed by atoms with Gasteiger partial charge >= 0.3 is 0 Å². The third-order valence-electron chi connectivity index (χ3n) is 3.64. The predicted molar refractivity (Wildman–Crippen MR) is 84.8 cm³/mol. The summed E-state index contributed by atoms with van der Waals surface area (Å²) in [6, 6.07) is 3.07. The fourth-order valence-electron chi connectivity index (χ4n) is 2.40. The van der Waals surface area contributed by atoms with Crippen LogP contribution in [0.5, 0.6) is 0 Å². The van der Waals surface area contributed by atoms with E-state index < -0.39 is 37.0 Å². The predicted octanol–water partition coefficient (Wildman–Crippen LogP) is 1.32. The van der Waals surface area contributed by atoms with E-state index in [0.717, 1.165) is 24.3 Å². The van der Waals surface area contributed by atoms with E-state index in [1.807, 2.05) is 0 Å². The van der Waals surface area contributed by atoms with Crippen molar-refractivity contribution >= 4 is 21.2 Å². The number of benzene rings is 1. The molecule has 0 radical (unpaired) electrons. The maximum absolute atomic E-state index is 12.7. The maximum atomic E-state index is 12.7. The van der Waals surface area contributed by atoms with Gasteiger partial charge in [-0.15, -0.1) is 0 Å². The molecule has 11 heteroatoms. The van der Waals surface area contributed by atoms with E-state index in [1.165, 1.54) is 0 Å². The average molecular weight is 354 g/mol. The van der Waals surface area contributed by atoms with E-state index in [1.54, 1.807) is 6.92 Å². The molecule has 1 unspecified atom stereocenters. The zero-order chi connectivity index (χ0) is 18.2. The molecule has 10 nitrogen and oxygen atoms in total. The smallest absolute Gasteiger partial charge is 0.293 e. The highest BCUT2D eigenvalue weighted by Crippen LogP contribution is 2.35. The van der Waals surface area contributed by atoms with Gasteiger partial charge in [0.1, 0.15) is 5.69 Å². The molecular formula is C13H14N4O6S. The fourth-order valence-corrected chi connectivity index (χ4v) is 4.07. The third-order valence-corrected chi connectivity index (χ3v) is 5.65. The Balaban J connectivity index is 2.62. The van der Waals surface area contributed by atoms with Crippen molar-refractivity contribution in [3.05, 3.63) is 60.8 Å². The number of hydrogen-bond donors (Lipinski definition) is 2. The minimum absolute atomic E-state index is 0.00155. The largest absolute Gasteiger partial charge is 0.397 e. The van der Waals surface area contributed by atoms with Crippen LogP contribution in [0.3, 0.4) is 0 Å². The first-order chi connectivity index (χ1) is 11.1. The van der Waals surface area contributed by atoms with E-state index in [9.17, 15) is 28.6 Å². The molecule has 128 valence electrons. The lowest BCUT2D eigenvalue weighted by molar-refractivity contribution is -0.420. The van der Waals surface area contributed by atoms with Crippen LogP contribution in [0.15, 0.2) is 45.5 Å². The second-order valence-corrected chi connectivity index (χ2v) is 7.25. The summed E-state index contributed by atoms with van der Waals surface area (Å²) < 4.78 is 25.5. The number of nitro groups is 2. The Morgan fingerprint density at radius 2 is 1.79 bits per heavy atom. The van der Waals surface area contributed by atoms with Crippen LogP contribution in [-0.2, 0) is 9.84 Å². The van der Waals surface area contributed by atoms with Gasteiger partial charge < -0.3 is 11.5 Å². The highest BCUT2D eigenvalue weighted by Gasteiger charge is 2.34. The lowest BCUT2D eigenvalue weighted by atomic mass is 9.98. The highest BCUT2D eigenvalue weighted by atomic mass is 32.2.